The van der Waals surface area contributed by atoms with E-state index < -0.39 is 5.60 Å². The highest BCUT2D eigenvalue weighted by atomic mass is 17.1. The first-order valence-electron chi connectivity index (χ1n) is 5.22. The number of carbonyl (C=O) groups excluding carboxylic acids is 1. The Morgan fingerprint density at radius 3 is 2.35 bits per heavy atom. The third kappa shape index (κ3) is 3.52. The quantitative estimate of drug-likeness (QED) is 0.448. The number of ether oxygens (including phenoxy) is 1. The van der Waals surface area contributed by atoms with Gasteiger partial charge in [-0.15, -0.1) is 0 Å². The molecule has 0 amide bonds. The summed E-state index contributed by atoms with van der Waals surface area (Å²) in [5.74, 6) is 0.0612. The smallest absolute Gasteiger partial charge is 0.194 e. The van der Waals surface area contributed by atoms with Gasteiger partial charge in [-0.05, 0) is 38.1 Å². The third-order valence-electron chi connectivity index (χ3n) is 2.32. The largest absolute Gasteiger partial charge is 0.394 e. The first-order chi connectivity index (χ1) is 8.01. The minimum absolute atomic E-state index is 0.108. The summed E-state index contributed by atoms with van der Waals surface area (Å²) in [4.78, 5) is 16.1. The number of aliphatic hydroxyl groups excluding tert-OH is 1. The van der Waals surface area contributed by atoms with E-state index in [1.807, 2.05) is 0 Å². The number of benzene rings is 1. The van der Waals surface area contributed by atoms with Gasteiger partial charge in [-0.3, -0.25) is 4.79 Å². The van der Waals surface area contributed by atoms with Crippen molar-refractivity contribution in [3.8, 4) is 5.75 Å². The van der Waals surface area contributed by atoms with Crippen molar-refractivity contribution in [1.29, 1.82) is 0 Å². The normalized spacial score (nSPS) is 11.3. The van der Waals surface area contributed by atoms with Gasteiger partial charge in [0.05, 0.1) is 13.2 Å². The lowest BCUT2D eigenvalue weighted by molar-refractivity contribution is -0.137. The van der Waals surface area contributed by atoms with Gasteiger partial charge in [0, 0.05) is 5.56 Å². The topological polar surface area (TPSA) is 76.0 Å². The standard InChI is InChI=1S/C12H16O5/c1-12(2,16-8-7-13)11(14)9-3-5-10(17-15)6-4-9/h3-6,13,15H,7-8H2,1-2H3. The van der Waals surface area contributed by atoms with Crippen LogP contribution in [0.3, 0.4) is 0 Å². The zero-order valence-electron chi connectivity index (χ0n) is 9.84. The Hall–Kier alpha value is -1.43. The second-order valence-electron chi connectivity index (χ2n) is 4.03. The molecule has 0 radical (unpaired) electrons. The Morgan fingerprint density at radius 2 is 1.88 bits per heavy atom. The maximum Gasteiger partial charge on any atom is 0.194 e. The predicted molar refractivity (Wildman–Crippen MR) is 61.1 cm³/mol. The fourth-order valence-corrected chi connectivity index (χ4v) is 1.38. The maximum atomic E-state index is 12.1. The lowest BCUT2D eigenvalue weighted by Gasteiger charge is -2.23. The van der Waals surface area contributed by atoms with Crippen LogP contribution in [0.25, 0.3) is 0 Å². The number of Topliss-reactive ketones (excluding diaryl/α,β-unsaturated/α-hetero) is 1. The van der Waals surface area contributed by atoms with Gasteiger partial charge in [0.2, 0.25) is 0 Å². The number of carbonyl (C=O) groups is 1. The Kier molecular flexibility index (Phi) is 4.62. The van der Waals surface area contributed by atoms with Crippen molar-refractivity contribution in [3.05, 3.63) is 29.8 Å². The van der Waals surface area contributed by atoms with Crippen LogP contribution in [0.2, 0.25) is 0 Å². The molecular weight excluding hydrogens is 224 g/mol. The molecule has 1 aromatic carbocycles. The highest BCUT2D eigenvalue weighted by Gasteiger charge is 2.29. The van der Waals surface area contributed by atoms with Gasteiger partial charge in [-0.1, -0.05) is 0 Å². The van der Waals surface area contributed by atoms with Gasteiger partial charge in [0.15, 0.2) is 11.5 Å². The first kappa shape index (κ1) is 13.6. The third-order valence-corrected chi connectivity index (χ3v) is 2.32. The van der Waals surface area contributed by atoms with Crippen LogP contribution in [0, 0.1) is 0 Å². The van der Waals surface area contributed by atoms with E-state index in [-0.39, 0.29) is 24.7 Å². The van der Waals surface area contributed by atoms with E-state index >= 15 is 0 Å². The summed E-state index contributed by atoms with van der Waals surface area (Å²) in [5.41, 5.74) is -0.543. The van der Waals surface area contributed by atoms with Crippen molar-refractivity contribution >= 4 is 5.78 Å². The summed E-state index contributed by atoms with van der Waals surface area (Å²) in [6, 6.07) is 6.04. The van der Waals surface area contributed by atoms with Crippen molar-refractivity contribution < 1.29 is 24.8 Å². The highest BCUT2D eigenvalue weighted by Crippen LogP contribution is 2.19. The van der Waals surface area contributed by atoms with Gasteiger partial charge >= 0.3 is 0 Å². The monoisotopic (exact) mass is 240 g/mol. The molecule has 0 aliphatic heterocycles. The molecule has 1 aromatic rings. The molecule has 2 N–H and O–H groups in total. The van der Waals surface area contributed by atoms with Crippen LogP contribution in [-0.4, -0.2) is 35.0 Å². The molecule has 0 unspecified atom stereocenters. The summed E-state index contributed by atoms with van der Waals surface area (Å²) in [5, 5.41) is 17.1. The van der Waals surface area contributed by atoms with Crippen LogP contribution >= 0.6 is 0 Å². The second kappa shape index (κ2) is 5.77. The van der Waals surface area contributed by atoms with Crippen LogP contribution in [0.5, 0.6) is 5.75 Å². The summed E-state index contributed by atoms with van der Waals surface area (Å²) in [7, 11) is 0. The average molecular weight is 240 g/mol. The minimum Gasteiger partial charge on any atom is -0.394 e. The van der Waals surface area contributed by atoms with Crippen LogP contribution in [0.15, 0.2) is 24.3 Å². The molecule has 1 rings (SSSR count). The zero-order chi connectivity index (χ0) is 12.9. The number of ketones is 1. The Balaban J connectivity index is 2.80. The van der Waals surface area contributed by atoms with E-state index in [0.717, 1.165) is 0 Å². The van der Waals surface area contributed by atoms with Crippen molar-refractivity contribution in [3.63, 3.8) is 0 Å². The molecule has 94 valence electrons. The summed E-state index contributed by atoms with van der Waals surface area (Å²) >= 11 is 0. The van der Waals surface area contributed by atoms with Crippen LogP contribution in [0.1, 0.15) is 24.2 Å². The molecule has 5 heteroatoms. The Labute approximate surface area is 99.5 Å². The van der Waals surface area contributed by atoms with E-state index in [1.54, 1.807) is 13.8 Å². The molecule has 0 spiro atoms. The molecular formula is C12H16O5. The van der Waals surface area contributed by atoms with Crippen LogP contribution in [0.4, 0.5) is 0 Å². The highest BCUT2D eigenvalue weighted by molar-refractivity contribution is 6.02. The van der Waals surface area contributed by atoms with E-state index in [0.29, 0.717) is 5.56 Å². The molecule has 0 heterocycles. The average Bonchev–Trinajstić information content (AvgIpc) is 2.35. The van der Waals surface area contributed by atoms with Gasteiger partial charge in [-0.2, -0.15) is 0 Å². The Bertz CT molecular complexity index is 369. The van der Waals surface area contributed by atoms with E-state index in [2.05, 4.69) is 4.89 Å². The maximum absolute atomic E-state index is 12.1. The molecule has 0 atom stereocenters. The van der Waals surface area contributed by atoms with Crippen LogP contribution in [-0.2, 0) is 4.74 Å². The van der Waals surface area contributed by atoms with E-state index in [4.69, 9.17) is 15.1 Å². The number of rotatable bonds is 6. The van der Waals surface area contributed by atoms with E-state index in [1.165, 1.54) is 24.3 Å². The van der Waals surface area contributed by atoms with Crippen molar-refractivity contribution in [2.24, 2.45) is 0 Å². The van der Waals surface area contributed by atoms with Crippen LogP contribution < -0.4 is 4.89 Å². The summed E-state index contributed by atoms with van der Waals surface area (Å²) < 4.78 is 5.27. The lowest BCUT2D eigenvalue weighted by atomic mass is 9.96. The van der Waals surface area contributed by atoms with Gasteiger partial charge < -0.3 is 14.7 Å². The van der Waals surface area contributed by atoms with Gasteiger partial charge in [-0.25, -0.2) is 5.26 Å². The minimum atomic E-state index is -0.996. The molecule has 0 fully saturated rings. The molecule has 0 bridgehead atoms. The van der Waals surface area contributed by atoms with Gasteiger partial charge in [0.25, 0.3) is 0 Å². The summed E-state index contributed by atoms with van der Waals surface area (Å²) in [6.45, 7) is 3.26. The van der Waals surface area contributed by atoms with Gasteiger partial charge in [0.1, 0.15) is 5.60 Å². The molecule has 5 nitrogen and oxygen atoms in total. The number of aliphatic hydroxyl groups is 1. The fraction of sp³-hybridized carbons (Fsp3) is 0.417. The van der Waals surface area contributed by atoms with E-state index in [9.17, 15) is 4.79 Å². The molecule has 0 saturated carbocycles. The fourth-order valence-electron chi connectivity index (χ4n) is 1.38. The SMILES string of the molecule is CC(C)(OCCO)C(=O)c1ccc(OO)cc1. The molecule has 0 aliphatic rings. The summed E-state index contributed by atoms with van der Waals surface area (Å²) in [6.07, 6.45) is 0. The van der Waals surface area contributed by atoms with Crippen molar-refractivity contribution in [1.82, 2.24) is 0 Å². The first-order valence-corrected chi connectivity index (χ1v) is 5.22. The Morgan fingerprint density at radius 1 is 1.29 bits per heavy atom. The molecule has 0 aromatic heterocycles. The lowest BCUT2D eigenvalue weighted by Crippen LogP contribution is -2.36. The molecule has 0 saturated heterocycles. The predicted octanol–water partition coefficient (Wildman–Crippen LogP) is 1.51. The second-order valence-corrected chi connectivity index (χ2v) is 4.03. The number of hydrogen-bond donors (Lipinski definition) is 2. The number of hydrogen-bond acceptors (Lipinski definition) is 5. The molecule has 0 aliphatic carbocycles. The zero-order valence-corrected chi connectivity index (χ0v) is 9.84. The molecule has 17 heavy (non-hydrogen) atoms. The van der Waals surface area contributed by atoms with Crippen molar-refractivity contribution in [2.45, 2.75) is 19.4 Å². The van der Waals surface area contributed by atoms with Crippen molar-refractivity contribution in [2.75, 3.05) is 13.2 Å².